The molecule has 2 aliphatic rings. The molecule has 130 valence electrons. The van der Waals surface area contributed by atoms with Crippen molar-refractivity contribution in [3.05, 3.63) is 41.7 Å². The van der Waals surface area contributed by atoms with Crippen molar-refractivity contribution in [1.29, 1.82) is 0 Å². The van der Waals surface area contributed by atoms with E-state index in [-0.39, 0.29) is 0 Å². The predicted octanol–water partition coefficient (Wildman–Crippen LogP) is 2.52. The Balaban J connectivity index is 1.64. The number of nitrogens with zero attached hydrogens (tertiary/aromatic N) is 3. The number of rotatable bonds is 6. The van der Waals surface area contributed by atoms with E-state index in [1.165, 1.54) is 11.8 Å². The van der Waals surface area contributed by atoms with E-state index in [2.05, 4.69) is 20.1 Å². The van der Waals surface area contributed by atoms with Crippen molar-refractivity contribution in [2.24, 2.45) is 5.73 Å². The molecule has 25 heavy (non-hydrogen) atoms. The van der Waals surface area contributed by atoms with E-state index < -0.39 is 17.2 Å². The van der Waals surface area contributed by atoms with E-state index in [1.807, 2.05) is 30.3 Å². The number of carbonyl (C=O) groups excluding carboxylic acids is 2. The van der Waals surface area contributed by atoms with Gasteiger partial charge in [0.1, 0.15) is 11.1 Å². The predicted molar refractivity (Wildman–Crippen MR) is 93.0 cm³/mol. The number of thioether (sulfide) groups is 1. The van der Waals surface area contributed by atoms with Gasteiger partial charge in [0.2, 0.25) is 5.91 Å². The largest absolute Gasteiger partial charge is 0.351 e. The summed E-state index contributed by atoms with van der Waals surface area (Å²) in [4.78, 5) is 23.7. The second-order valence-electron chi connectivity index (χ2n) is 6.48. The fourth-order valence-corrected chi connectivity index (χ4v) is 3.97. The normalized spacial score (nSPS) is 17.9. The SMILES string of the molecule is NC(=O)NC(=O)[C@H](Sc1nnc(C2CC2)n1C1CC1)c1ccccc1. The summed E-state index contributed by atoms with van der Waals surface area (Å²) in [6.07, 6.45) is 4.54. The Morgan fingerprint density at radius 2 is 1.88 bits per heavy atom. The lowest BCUT2D eigenvalue weighted by Crippen LogP contribution is -2.37. The van der Waals surface area contributed by atoms with Crippen LogP contribution in [-0.2, 0) is 4.79 Å². The van der Waals surface area contributed by atoms with Crippen LogP contribution in [0.1, 0.15) is 54.3 Å². The summed E-state index contributed by atoms with van der Waals surface area (Å²) in [5.74, 6) is 1.09. The minimum atomic E-state index is -0.853. The molecule has 1 aromatic carbocycles. The lowest BCUT2D eigenvalue weighted by Gasteiger charge is -2.16. The van der Waals surface area contributed by atoms with Crippen molar-refractivity contribution in [1.82, 2.24) is 20.1 Å². The van der Waals surface area contributed by atoms with Gasteiger partial charge in [0, 0.05) is 12.0 Å². The van der Waals surface area contributed by atoms with Gasteiger partial charge in [0.15, 0.2) is 5.16 Å². The van der Waals surface area contributed by atoms with E-state index in [9.17, 15) is 9.59 Å². The number of hydrogen-bond donors (Lipinski definition) is 2. The number of hydrogen-bond acceptors (Lipinski definition) is 5. The Kier molecular flexibility index (Phi) is 4.20. The number of benzene rings is 1. The van der Waals surface area contributed by atoms with Gasteiger partial charge in [0.05, 0.1) is 0 Å². The third-order valence-electron chi connectivity index (χ3n) is 4.36. The maximum Gasteiger partial charge on any atom is 0.318 e. The van der Waals surface area contributed by atoms with Crippen LogP contribution in [0.4, 0.5) is 4.79 Å². The number of urea groups is 1. The zero-order valence-corrected chi connectivity index (χ0v) is 14.4. The van der Waals surface area contributed by atoms with Crippen molar-refractivity contribution in [3.8, 4) is 0 Å². The highest BCUT2D eigenvalue weighted by atomic mass is 32.2. The second kappa shape index (κ2) is 6.51. The van der Waals surface area contributed by atoms with E-state index >= 15 is 0 Å². The molecular weight excluding hydrogens is 338 g/mol. The summed E-state index contributed by atoms with van der Waals surface area (Å²) < 4.78 is 2.19. The van der Waals surface area contributed by atoms with Crippen molar-refractivity contribution in [3.63, 3.8) is 0 Å². The smallest absolute Gasteiger partial charge is 0.318 e. The molecule has 2 aliphatic carbocycles. The lowest BCUT2D eigenvalue weighted by atomic mass is 10.1. The topological polar surface area (TPSA) is 103 Å². The average molecular weight is 357 g/mol. The molecule has 0 aliphatic heterocycles. The van der Waals surface area contributed by atoms with E-state index in [4.69, 9.17) is 5.73 Å². The van der Waals surface area contributed by atoms with Crippen LogP contribution in [0, 0.1) is 0 Å². The van der Waals surface area contributed by atoms with Gasteiger partial charge in [0.25, 0.3) is 0 Å². The molecule has 2 aromatic rings. The van der Waals surface area contributed by atoms with E-state index in [0.29, 0.717) is 12.0 Å². The maximum atomic E-state index is 12.5. The third kappa shape index (κ3) is 3.53. The van der Waals surface area contributed by atoms with Crippen LogP contribution >= 0.6 is 11.8 Å². The number of nitrogens with one attached hydrogen (secondary N) is 1. The van der Waals surface area contributed by atoms with Gasteiger partial charge in [-0.2, -0.15) is 0 Å². The van der Waals surface area contributed by atoms with E-state index in [1.54, 1.807) is 0 Å². The van der Waals surface area contributed by atoms with Crippen LogP contribution < -0.4 is 11.1 Å². The molecular formula is C17H19N5O2S. The van der Waals surface area contributed by atoms with Crippen molar-refractivity contribution in [2.45, 2.75) is 48.0 Å². The molecule has 3 N–H and O–H groups in total. The van der Waals surface area contributed by atoms with Gasteiger partial charge in [-0.15, -0.1) is 10.2 Å². The van der Waals surface area contributed by atoms with Crippen LogP contribution in [0.3, 0.4) is 0 Å². The molecule has 7 nitrogen and oxygen atoms in total. The molecule has 0 spiro atoms. The molecule has 3 amide bonds. The summed E-state index contributed by atoms with van der Waals surface area (Å²) in [6, 6.07) is 8.91. The Morgan fingerprint density at radius 1 is 1.16 bits per heavy atom. The zero-order chi connectivity index (χ0) is 17.4. The van der Waals surface area contributed by atoms with Crippen LogP contribution in [0.25, 0.3) is 0 Å². The van der Waals surface area contributed by atoms with Crippen molar-refractivity contribution in [2.75, 3.05) is 0 Å². The monoisotopic (exact) mass is 357 g/mol. The van der Waals surface area contributed by atoms with Gasteiger partial charge in [-0.25, -0.2) is 4.79 Å². The van der Waals surface area contributed by atoms with Gasteiger partial charge in [-0.05, 0) is 31.2 Å². The van der Waals surface area contributed by atoms with Crippen LogP contribution in [0.5, 0.6) is 0 Å². The van der Waals surface area contributed by atoms with Gasteiger partial charge < -0.3 is 10.3 Å². The molecule has 0 radical (unpaired) electrons. The van der Waals surface area contributed by atoms with E-state index in [0.717, 1.165) is 42.2 Å². The summed E-state index contributed by atoms with van der Waals surface area (Å²) in [5, 5.41) is 11.0. The number of imide groups is 1. The van der Waals surface area contributed by atoms with Crippen molar-refractivity contribution < 1.29 is 9.59 Å². The first-order valence-corrected chi connectivity index (χ1v) is 9.28. The van der Waals surface area contributed by atoms with Gasteiger partial charge in [-0.1, -0.05) is 42.1 Å². The van der Waals surface area contributed by atoms with Crippen LogP contribution in [0.2, 0.25) is 0 Å². The highest BCUT2D eigenvalue weighted by Crippen LogP contribution is 2.47. The first-order valence-electron chi connectivity index (χ1n) is 8.40. The Labute approximate surface area is 149 Å². The number of nitrogens with two attached hydrogens (primary N) is 1. The minimum Gasteiger partial charge on any atom is -0.351 e. The average Bonchev–Trinajstić information content (AvgIpc) is 3.51. The fourth-order valence-electron chi connectivity index (χ4n) is 2.86. The first-order chi connectivity index (χ1) is 12.1. The number of amides is 3. The maximum absolute atomic E-state index is 12.5. The summed E-state index contributed by atoms with van der Waals surface area (Å²) in [7, 11) is 0. The van der Waals surface area contributed by atoms with Crippen molar-refractivity contribution >= 4 is 23.7 Å². The summed E-state index contributed by atoms with van der Waals surface area (Å²) in [6.45, 7) is 0. The first kappa shape index (κ1) is 16.1. The third-order valence-corrected chi connectivity index (χ3v) is 5.57. The number of carbonyl (C=O) groups is 2. The molecule has 0 bridgehead atoms. The molecule has 0 unspecified atom stereocenters. The van der Waals surface area contributed by atoms with Crippen LogP contribution in [0.15, 0.2) is 35.5 Å². The minimum absolute atomic E-state index is 0.434. The number of aromatic nitrogens is 3. The molecule has 8 heteroatoms. The zero-order valence-electron chi connectivity index (χ0n) is 13.6. The van der Waals surface area contributed by atoms with Crippen LogP contribution in [-0.4, -0.2) is 26.7 Å². The Bertz CT molecular complexity index is 799. The second-order valence-corrected chi connectivity index (χ2v) is 7.55. The fraction of sp³-hybridized carbons (Fsp3) is 0.412. The standard InChI is InChI=1S/C17H19N5O2S/c18-16(24)19-15(23)13(10-4-2-1-3-5-10)25-17-21-20-14(11-6-7-11)22(17)12-8-9-12/h1-5,11-13H,6-9H2,(H3,18,19,23,24)/t13-/m1/s1. The molecule has 4 rings (SSSR count). The molecule has 1 atom stereocenters. The highest BCUT2D eigenvalue weighted by molar-refractivity contribution is 8.00. The number of primary amides is 1. The quantitative estimate of drug-likeness (QED) is 0.773. The Hall–Kier alpha value is -2.35. The summed E-state index contributed by atoms with van der Waals surface area (Å²) in [5.41, 5.74) is 5.93. The summed E-state index contributed by atoms with van der Waals surface area (Å²) >= 11 is 1.32. The molecule has 2 fully saturated rings. The molecule has 1 aromatic heterocycles. The molecule has 2 saturated carbocycles. The Morgan fingerprint density at radius 3 is 2.48 bits per heavy atom. The molecule has 0 saturated heterocycles. The lowest BCUT2D eigenvalue weighted by molar-refractivity contribution is -0.119. The van der Waals surface area contributed by atoms with Gasteiger partial charge >= 0.3 is 6.03 Å². The van der Waals surface area contributed by atoms with Gasteiger partial charge in [-0.3, -0.25) is 10.1 Å². The molecule has 1 heterocycles. The highest BCUT2D eigenvalue weighted by Gasteiger charge is 2.37.